The van der Waals surface area contributed by atoms with E-state index in [0.29, 0.717) is 11.8 Å². The molecule has 3 aromatic heterocycles. The lowest BCUT2D eigenvalue weighted by atomic mass is 9.43. The molecule has 4 fully saturated rings. The van der Waals surface area contributed by atoms with E-state index in [1.807, 2.05) is 0 Å². The first-order chi connectivity index (χ1) is 30.7. The first-order valence-electron chi connectivity index (χ1n) is 22.7. The third-order valence-corrected chi connectivity index (χ3v) is 16.1. The van der Waals surface area contributed by atoms with Gasteiger partial charge in [0.25, 0.3) is 0 Å². The fourth-order valence-electron chi connectivity index (χ4n) is 14.0. The smallest absolute Gasteiger partial charge is 0.162 e. The number of nitrogens with zero attached hydrogens (tertiary/aromatic N) is 4. The monoisotopic (exact) mass is 794 g/mol. The zero-order chi connectivity index (χ0) is 40.3. The number of rotatable bonds is 3. The normalized spacial score (nSPS) is 22.3. The summed E-state index contributed by atoms with van der Waals surface area (Å²) in [7, 11) is 0. The van der Waals surface area contributed by atoms with Gasteiger partial charge in [-0.15, -0.1) is 0 Å². The summed E-state index contributed by atoms with van der Waals surface area (Å²) in [6, 6.07) is 63.1. The number of fused-ring (bicyclic) bond motifs is 13. The number of para-hydroxylation sites is 3. The molecule has 4 nitrogen and oxygen atoms in total. The second-order valence-electron chi connectivity index (χ2n) is 18.9. The van der Waals surface area contributed by atoms with Gasteiger partial charge in [-0.2, -0.15) is 0 Å². The van der Waals surface area contributed by atoms with Crippen molar-refractivity contribution in [2.75, 3.05) is 0 Å². The van der Waals surface area contributed by atoms with E-state index < -0.39 is 0 Å². The maximum Gasteiger partial charge on any atom is 0.162 e. The summed E-state index contributed by atoms with van der Waals surface area (Å²) in [5.74, 6) is 4.74. The van der Waals surface area contributed by atoms with Crippen molar-refractivity contribution in [3.8, 4) is 34.0 Å². The van der Waals surface area contributed by atoms with Crippen molar-refractivity contribution in [1.29, 1.82) is 0 Å². The summed E-state index contributed by atoms with van der Waals surface area (Å²) < 4.78 is 4.99. The molecule has 8 aromatic carbocycles. The van der Waals surface area contributed by atoms with Crippen LogP contribution in [0.1, 0.15) is 43.2 Å². The van der Waals surface area contributed by atoms with Gasteiger partial charge in [-0.1, -0.05) is 121 Å². The molecule has 62 heavy (non-hydrogen) atoms. The highest BCUT2D eigenvalue weighted by atomic mass is 15.1. The molecule has 5 aliphatic rings. The van der Waals surface area contributed by atoms with Crippen LogP contribution in [-0.4, -0.2) is 19.1 Å². The highest BCUT2D eigenvalue weighted by Crippen LogP contribution is 2.70. The van der Waals surface area contributed by atoms with Crippen molar-refractivity contribution >= 4 is 65.3 Å². The largest absolute Gasteiger partial charge is 0.308 e. The third-order valence-electron chi connectivity index (χ3n) is 16.1. The Morgan fingerprint density at radius 2 is 1.05 bits per heavy atom. The average molecular weight is 795 g/mol. The molecule has 1 spiro atoms. The van der Waals surface area contributed by atoms with Crippen molar-refractivity contribution < 1.29 is 0 Å². The Morgan fingerprint density at radius 3 is 1.81 bits per heavy atom. The number of hydrogen-bond acceptors (Lipinski definition) is 2. The molecule has 4 saturated carbocycles. The van der Waals surface area contributed by atoms with E-state index in [1.165, 1.54) is 92.3 Å². The van der Waals surface area contributed by atoms with Gasteiger partial charge in [0, 0.05) is 49.0 Å². The van der Waals surface area contributed by atoms with Crippen LogP contribution in [0.3, 0.4) is 0 Å². The first kappa shape index (κ1) is 33.7. The SMILES string of the molecule is c1ccc2c(c1)-c1ccc3c4ccc5ccccc5c4n(-c4ccc(-c5nc(-n6c7ccccc7c7ccccc76)c6ccccc6n5)cc4)c3c1C21C2CC3CC(C2)CC1C3. The van der Waals surface area contributed by atoms with Gasteiger partial charge < -0.3 is 4.57 Å². The predicted molar refractivity (Wildman–Crippen MR) is 254 cm³/mol. The van der Waals surface area contributed by atoms with Gasteiger partial charge in [-0.3, -0.25) is 4.57 Å². The maximum absolute atomic E-state index is 5.46. The van der Waals surface area contributed by atoms with Gasteiger partial charge in [0.05, 0.1) is 27.6 Å². The molecule has 3 heterocycles. The molecule has 0 N–H and O–H groups in total. The van der Waals surface area contributed by atoms with E-state index in [-0.39, 0.29) is 5.41 Å². The van der Waals surface area contributed by atoms with Crippen LogP contribution in [-0.2, 0) is 5.41 Å². The van der Waals surface area contributed by atoms with E-state index in [9.17, 15) is 0 Å². The second-order valence-corrected chi connectivity index (χ2v) is 18.9. The first-order valence-corrected chi connectivity index (χ1v) is 22.7. The van der Waals surface area contributed by atoms with Crippen LogP contribution >= 0.6 is 0 Å². The lowest BCUT2D eigenvalue weighted by Crippen LogP contribution is -2.55. The van der Waals surface area contributed by atoms with Gasteiger partial charge in [-0.05, 0) is 132 Å². The highest BCUT2D eigenvalue weighted by molar-refractivity contribution is 6.20. The quantitative estimate of drug-likeness (QED) is 0.179. The summed E-state index contributed by atoms with van der Waals surface area (Å²) in [4.78, 5) is 10.7. The number of hydrogen-bond donors (Lipinski definition) is 0. The molecule has 5 aliphatic carbocycles. The van der Waals surface area contributed by atoms with Crippen LogP contribution in [0.25, 0.3) is 99.3 Å². The molecule has 0 atom stereocenters. The lowest BCUT2D eigenvalue weighted by molar-refractivity contribution is -0.0394. The third kappa shape index (κ3) is 4.23. The Bertz CT molecular complexity index is 3640. The Hall–Kier alpha value is -7.04. The van der Waals surface area contributed by atoms with Crippen LogP contribution in [0.5, 0.6) is 0 Å². The minimum atomic E-state index is 0.0306. The summed E-state index contributed by atoms with van der Waals surface area (Å²) in [5.41, 5.74) is 14.2. The zero-order valence-corrected chi connectivity index (χ0v) is 34.3. The fraction of sp³-hybridized carbons (Fsp3) is 0.172. The summed E-state index contributed by atoms with van der Waals surface area (Å²) >= 11 is 0. The van der Waals surface area contributed by atoms with E-state index in [1.54, 1.807) is 11.1 Å². The van der Waals surface area contributed by atoms with Crippen molar-refractivity contribution in [3.63, 3.8) is 0 Å². The lowest BCUT2D eigenvalue weighted by Gasteiger charge is -2.61. The molecule has 11 aromatic rings. The van der Waals surface area contributed by atoms with E-state index in [2.05, 4.69) is 179 Å². The average Bonchev–Trinajstić information content (AvgIpc) is 3.95. The molecular weight excluding hydrogens is 753 g/mol. The summed E-state index contributed by atoms with van der Waals surface area (Å²) in [6.07, 6.45) is 6.88. The second kappa shape index (κ2) is 12.1. The Kier molecular flexibility index (Phi) is 6.55. The minimum Gasteiger partial charge on any atom is -0.308 e. The minimum absolute atomic E-state index is 0.0306. The number of aromatic nitrogens is 4. The molecule has 4 heteroatoms. The molecule has 0 aliphatic heterocycles. The molecule has 16 rings (SSSR count). The van der Waals surface area contributed by atoms with Crippen molar-refractivity contribution in [2.24, 2.45) is 23.7 Å². The van der Waals surface area contributed by atoms with E-state index in [4.69, 9.17) is 9.97 Å². The van der Waals surface area contributed by atoms with Crippen molar-refractivity contribution in [2.45, 2.75) is 37.5 Å². The Labute approximate surface area is 359 Å². The van der Waals surface area contributed by atoms with Crippen molar-refractivity contribution in [3.05, 3.63) is 181 Å². The van der Waals surface area contributed by atoms with Gasteiger partial charge >= 0.3 is 0 Å². The van der Waals surface area contributed by atoms with Gasteiger partial charge in [0.1, 0.15) is 5.82 Å². The topological polar surface area (TPSA) is 35.6 Å². The molecule has 0 radical (unpaired) electrons. The molecule has 294 valence electrons. The van der Waals surface area contributed by atoms with Crippen LogP contribution in [0.15, 0.2) is 170 Å². The van der Waals surface area contributed by atoms with Gasteiger partial charge in [0.2, 0.25) is 0 Å². The molecule has 0 amide bonds. The molecule has 0 saturated heterocycles. The molecule has 4 bridgehead atoms. The van der Waals surface area contributed by atoms with Crippen LogP contribution in [0, 0.1) is 23.7 Å². The highest BCUT2D eigenvalue weighted by Gasteiger charge is 2.62. The number of benzene rings is 8. The Morgan fingerprint density at radius 1 is 0.435 bits per heavy atom. The van der Waals surface area contributed by atoms with Gasteiger partial charge in [-0.25, -0.2) is 9.97 Å². The summed E-state index contributed by atoms with van der Waals surface area (Å²) in [5, 5.41) is 8.73. The Balaban J connectivity index is 0.985. The zero-order valence-electron chi connectivity index (χ0n) is 34.3. The molecule has 0 unspecified atom stereocenters. The van der Waals surface area contributed by atoms with E-state index in [0.717, 1.165) is 51.0 Å². The summed E-state index contributed by atoms with van der Waals surface area (Å²) in [6.45, 7) is 0. The van der Waals surface area contributed by atoms with Crippen molar-refractivity contribution in [1.82, 2.24) is 19.1 Å². The van der Waals surface area contributed by atoms with Gasteiger partial charge in [0.15, 0.2) is 5.82 Å². The predicted octanol–water partition coefficient (Wildman–Crippen LogP) is 14.4. The fourth-order valence-corrected chi connectivity index (χ4v) is 14.0. The maximum atomic E-state index is 5.46. The van der Waals surface area contributed by atoms with Crippen LogP contribution in [0.4, 0.5) is 0 Å². The molecular formula is C58H42N4. The standard InChI is InChI=1S/C58H42N4/c1-2-12-41-36(11-1)23-26-46-47-28-27-45-42-13-3-7-17-49(42)58(38-30-34-29-35(32-38)33-39(58)31-34)53(45)55(47)61(54(41)46)40-24-21-37(22-25-40)56-59-50-18-8-4-16-48(50)57(60-56)62-51-19-9-5-14-43(51)44-15-6-10-20-52(44)62/h1-28,34-35,38-39H,29-33H2. The van der Waals surface area contributed by atoms with E-state index >= 15 is 0 Å². The van der Waals surface area contributed by atoms with Crippen LogP contribution in [0.2, 0.25) is 0 Å². The van der Waals surface area contributed by atoms with Crippen LogP contribution < -0.4 is 0 Å².